The molecule has 27 heavy (non-hydrogen) atoms. The lowest BCUT2D eigenvalue weighted by Crippen LogP contribution is -2.50. The predicted molar refractivity (Wildman–Crippen MR) is 107 cm³/mol. The molecule has 2 aromatic carbocycles. The summed E-state index contributed by atoms with van der Waals surface area (Å²) in [5, 5.41) is 11.0. The summed E-state index contributed by atoms with van der Waals surface area (Å²) in [6.45, 7) is 5.48. The average Bonchev–Trinajstić information content (AvgIpc) is 3.19. The molecule has 7 heteroatoms. The van der Waals surface area contributed by atoms with E-state index in [4.69, 9.17) is 4.74 Å². The third-order valence-corrected chi connectivity index (χ3v) is 4.79. The van der Waals surface area contributed by atoms with E-state index in [1.807, 2.05) is 48.2 Å². The van der Waals surface area contributed by atoms with Gasteiger partial charge in [-0.2, -0.15) is 5.10 Å². The molecule has 1 aliphatic rings. The van der Waals surface area contributed by atoms with Crippen LogP contribution in [0.5, 0.6) is 5.75 Å². The largest absolute Gasteiger partial charge is 0.492 e. The van der Waals surface area contributed by atoms with Crippen LogP contribution in [0.3, 0.4) is 0 Å². The quantitative estimate of drug-likeness (QED) is 0.744. The molecule has 1 saturated heterocycles. The van der Waals surface area contributed by atoms with Gasteiger partial charge < -0.3 is 19.9 Å². The first-order valence-electron chi connectivity index (χ1n) is 9.21. The van der Waals surface area contributed by atoms with Crippen LogP contribution >= 0.6 is 0 Å². The van der Waals surface area contributed by atoms with Crippen LogP contribution in [-0.4, -0.2) is 53.9 Å². The van der Waals surface area contributed by atoms with E-state index in [2.05, 4.69) is 26.5 Å². The number of amides is 2. The minimum Gasteiger partial charge on any atom is -0.492 e. The maximum absolute atomic E-state index is 12.7. The Labute approximate surface area is 157 Å². The van der Waals surface area contributed by atoms with Crippen LogP contribution in [-0.2, 0) is 0 Å². The average molecular weight is 365 g/mol. The van der Waals surface area contributed by atoms with Crippen LogP contribution in [0.15, 0.2) is 48.7 Å². The Bertz CT molecular complexity index is 931. The van der Waals surface area contributed by atoms with Crippen molar-refractivity contribution in [1.82, 2.24) is 15.1 Å². The van der Waals surface area contributed by atoms with Gasteiger partial charge >= 0.3 is 6.03 Å². The standard InChI is InChI=1S/C20H23N5O2/c1-2-27-18-9-4-3-8-17(18)24-10-12-25(13-11-24)20(26)22-16-7-5-6-15-14-21-23-19(15)16/h3-9,14H,2,10-13H2,1H3,(H,21,23)(H,22,26). The molecule has 0 saturated carbocycles. The van der Waals surface area contributed by atoms with Crippen molar-refractivity contribution < 1.29 is 9.53 Å². The minimum atomic E-state index is -0.0881. The van der Waals surface area contributed by atoms with Crippen LogP contribution in [0.25, 0.3) is 10.9 Å². The maximum Gasteiger partial charge on any atom is 0.322 e. The summed E-state index contributed by atoms with van der Waals surface area (Å²) >= 11 is 0. The number of benzene rings is 2. The van der Waals surface area contributed by atoms with Crippen molar-refractivity contribution in [3.63, 3.8) is 0 Å². The van der Waals surface area contributed by atoms with Gasteiger partial charge in [-0.05, 0) is 25.1 Å². The minimum absolute atomic E-state index is 0.0881. The monoisotopic (exact) mass is 365 g/mol. The van der Waals surface area contributed by atoms with Gasteiger partial charge in [0.15, 0.2) is 0 Å². The number of fused-ring (bicyclic) bond motifs is 1. The van der Waals surface area contributed by atoms with E-state index >= 15 is 0 Å². The highest BCUT2D eigenvalue weighted by atomic mass is 16.5. The van der Waals surface area contributed by atoms with Crippen LogP contribution in [0.2, 0.25) is 0 Å². The maximum atomic E-state index is 12.7. The number of nitrogens with zero attached hydrogens (tertiary/aromatic N) is 3. The first-order valence-corrected chi connectivity index (χ1v) is 9.21. The zero-order valence-corrected chi connectivity index (χ0v) is 15.3. The lowest BCUT2D eigenvalue weighted by atomic mass is 10.2. The van der Waals surface area contributed by atoms with Crippen molar-refractivity contribution in [2.45, 2.75) is 6.92 Å². The number of carbonyl (C=O) groups is 1. The molecule has 2 amide bonds. The number of rotatable bonds is 4. The molecule has 0 radical (unpaired) electrons. The summed E-state index contributed by atoms with van der Waals surface area (Å²) in [5.74, 6) is 0.892. The molecular formula is C20H23N5O2. The molecule has 4 rings (SSSR count). The Hall–Kier alpha value is -3.22. The number of ether oxygens (including phenoxy) is 1. The molecule has 2 N–H and O–H groups in total. The number of piperazine rings is 1. The number of urea groups is 1. The Morgan fingerprint density at radius 2 is 1.96 bits per heavy atom. The smallest absolute Gasteiger partial charge is 0.322 e. The van der Waals surface area contributed by atoms with Crippen molar-refractivity contribution in [2.75, 3.05) is 43.0 Å². The van der Waals surface area contributed by atoms with Gasteiger partial charge in [0.25, 0.3) is 0 Å². The van der Waals surface area contributed by atoms with Crippen LogP contribution in [0.1, 0.15) is 6.92 Å². The Kier molecular flexibility index (Phi) is 4.82. The third-order valence-electron chi connectivity index (χ3n) is 4.79. The van der Waals surface area contributed by atoms with Gasteiger partial charge in [0.2, 0.25) is 0 Å². The van der Waals surface area contributed by atoms with E-state index in [0.29, 0.717) is 19.7 Å². The van der Waals surface area contributed by atoms with Crippen LogP contribution in [0, 0.1) is 0 Å². The Morgan fingerprint density at radius 1 is 1.15 bits per heavy atom. The fraction of sp³-hybridized carbons (Fsp3) is 0.300. The zero-order valence-electron chi connectivity index (χ0n) is 15.3. The first kappa shape index (κ1) is 17.2. The van der Waals surface area contributed by atoms with Gasteiger partial charge in [-0.1, -0.05) is 24.3 Å². The molecule has 0 bridgehead atoms. The van der Waals surface area contributed by atoms with E-state index in [1.54, 1.807) is 6.20 Å². The van der Waals surface area contributed by atoms with Gasteiger partial charge in [-0.3, -0.25) is 5.10 Å². The van der Waals surface area contributed by atoms with Crippen molar-refractivity contribution in [2.24, 2.45) is 0 Å². The second-order valence-electron chi connectivity index (χ2n) is 6.44. The van der Waals surface area contributed by atoms with Crippen molar-refractivity contribution >= 4 is 28.3 Å². The molecule has 0 aliphatic carbocycles. The molecule has 1 fully saturated rings. The van der Waals surface area contributed by atoms with Gasteiger partial charge in [-0.25, -0.2) is 4.79 Å². The van der Waals surface area contributed by atoms with E-state index < -0.39 is 0 Å². The highest BCUT2D eigenvalue weighted by Crippen LogP contribution is 2.29. The van der Waals surface area contributed by atoms with Crippen molar-refractivity contribution in [1.29, 1.82) is 0 Å². The topological polar surface area (TPSA) is 73.5 Å². The van der Waals surface area contributed by atoms with Crippen molar-refractivity contribution in [3.8, 4) is 5.75 Å². The molecule has 0 atom stereocenters. The van der Waals surface area contributed by atoms with Crippen LogP contribution < -0.4 is 15.0 Å². The fourth-order valence-corrected chi connectivity index (χ4v) is 3.41. The Morgan fingerprint density at radius 3 is 2.78 bits per heavy atom. The summed E-state index contributed by atoms with van der Waals surface area (Å²) in [6, 6.07) is 13.7. The predicted octanol–water partition coefficient (Wildman–Crippen LogP) is 3.32. The molecule has 1 aromatic heterocycles. The normalized spacial score (nSPS) is 14.4. The summed E-state index contributed by atoms with van der Waals surface area (Å²) in [5.41, 5.74) is 2.68. The van der Waals surface area contributed by atoms with Crippen LogP contribution in [0.4, 0.5) is 16.2 Å². The second kappa shape index (κ2) is 7.57. The third kappa shape index (κ3) is 3.53. The number of carbonyl (C=O) groups excluding carboxylic acids is 1. The zero-order chi connectivity index (χ0) is 18.6. The molecule has 0 spiro atoms. The molecule has 3 aromatic rings. The molecule has 1 aliphatic heterocycles. The van der Waals surface area contributed by atoms with Gasteiger partial charge in [-0.15, -0.1) is 0 Å². The fourth-order valence-electron chi connectivity index (χ4n) is 3.41. The number of nitrogens with one attached hydrogen (secondary N) is 2. The van der Waals surface area contributed by atoms with Crippen molar-refractivity contribution in [3.05, 3.63) is 48.7 Å². The van der Waals surface area contributed by atoms with Gasteiger partial charge in [0.1, 0.15) is 5.75 Å². The molecule has 140 valence electrons. The number of hydrogen-bond donors (Lipinski definition) is 2. The highest BCUT2D eigenvalue weighted by molar-refractivity contribution is 5.99. The van der Waals surface area contributed by atoms with E-state index in [-0.39, 0.29) is 6.03 Å². The number of aromatic amines is 1. The lowest BCUT2D eigenvalue weighted by molar-refractivity contribution is 0.208. The molecular weight excluding hydrogens is 342 g/mol. The number of hydrogen-bond acceptors (Lipinski definition) is 4. The number of H-pyrrole nitrogens is 1. The van der Waals surface area contributed by atoms with Gasteiger partial charge in [0, 0.05) is 31.6 Å². The Balaban J connectivity index is 1.41. The summed E-state index contributed by atoms with van der Waals surface area (Å²) < 4.78 is 5.73. The summed E-state index contributed by atoms with van der Waals surface area (Å²) in [4.78, 5) is 16.8. The van der Waals surface area contributed by atoms with E-state index in [1.165, 1.54) is 0 Å². The van der Waals surface area contributed by atoms with E-state index in [9.17, 15) is 4.79 Å². The number of aromatic nitrogens is 2. The highest BCUT2D eigenvalue weighted by Gasteiger charge is 2.23. The number of para-hydroxylation sites is 3. The molecule has 7 nitrogen and oxygen atoms in total. The lowest BCUT2D eigenvalue weighted by Gasteiger charge is -2.36. The summed E-state index contributed by atoms with van der Waals surface area (Å²) in [6.07, 6.45) is 1.75. The van der Waals surface area contributed by atoms with Gasteiger partial charge in [0.05, 0.1) is 29.7 Å². The molecule has 0 unspecified atom stereocenters. The second-order valence-corrected chi connectivity index (χ2v) is 6.44. The summed E-state index contributed by atoms with van der Waals surface area (Å²) in [7, 11) is 0. The SMILES string of the molecule is CCOc1ccccc1N1CCN(C(=O)Nc2cccc3cn[nH]c23)CC1. The van der Waals surface area contributed by atoms with E-state index in [0.717, 1.165) is 41.1 Å². The first-order chi connectivity index (χ1) is 13.3. The number of anilines is 2. The molecule has 2 heterocycles.